The van der Waals surface area contributed by atoms with Crippen molar-refractivity contribution >= 4 is 5.91 Å². The molecule has 1 heterocycles. The van der Waals surface area contributed by atoms with E-state index in [0.29, 0.717) is 25.6 Å². The minimum Gasteiger partial charge on any atom is -0.493 e. The third-order valence-electron chi connectivity index (χ3n) is 4.39. The van der Waals surface area contributed by atoms with Crippen LogP contribution >= 0.6 is 0 Å². The second kappa shape index (κ2) is 9.82. The van der Waals surface area contributed by atoms with Crippen LogP contribution in [0.2, 0.25) is 0 Å². The van der Waals surface area contributed by atoms with E-state index in [0.717, 1.165) is 16.9 Å². The van der Waals surface area contributed by atoms with Crippen molar-refractivity contribution in [3.63, 3.8) is 0 Å². The Kier molecular flexibility index (Phi) is 6.95. The lowest BCUT2D eigenvalue weighted by Crippen LogP contribution is -2.30. The Morgan fingerprint density at radius 1 is 0.966 bits per heavy atom. The fourth-order valence-corrected chi connectivity index (χ4v) is 2.89. The van der Waals surface area contributed by atoms with E-state index in [-0.39, 0.29) is 11.5 Å². The molecule has 1 amide bonds. The third-order valence-corrected chi connectivity index (χ3v) is 4.39. The highest BCUT2D eigenvalue weighted by molar-refractivity contribution is 5.94. The van der Waals surface area contributed by atoms with Crippen LogP contribution in [0.1, 0.15) is 35.3 Å². The van der Waals surface area contributed by atoms with Crippen molar-refractivity contribution < 1.29 is 13.9 Å². The number of ether oxygens (including phenoxy) is 1. The van der Waals surface area contributed by atoms with Crippen LogP contribution in [-0.4, -0.2) is 22.4 Å². The number of nitrogens with zero attached hydrogens (tertiary/aromatic N) is 2. The van der Waals surface area contributed by atoms with Crippen molar-refractivity contribution in [2.75, 3.05) is 6.61 Å². The Hall–Kier alpha value is -3.21. The number of pyridine rings is 1. The fraction of sp³-hybridized carbons (Fsp3) is 0.250. The van der Waals surface area contributed by atoms with Gasteiger partial charge in [-0.15, -0.1) is 0 Å². The zero-order valence-electron chi connectivity index (χ0n) is 16.7. The van der Waals surface area contributed by atoms with Crippen LogP contribution in [0.5, 0.6) is 5.75 Å². The maximum atomic E-state index is 14.2. The van der Waals surface area contributed by atoms with E-state index < -0.39 is 5.82 Å². The molecule has 3 aromatic rings. The summed E-state index contributed by atoms with van der Waals surface area (Å²) in [4.78, 5) is 18.7. The summed E-state index contributed by atoms with van der Waals surface area (Å²) in [7, 11) is 0. The minimum absolute atomic E-state index is 0.0680. The van der Waals surface area contributed by atoms with Gasteiger partial charge in [0.1, 0.15) is 11.6 Å². The molecule has 0 radical (unpaired) electrons. The minimum atomic E-state index is -0.519. The first kappa shape index (κ1) is 20.5. The summed E-state index contributed by atoms with van der Waals surface area (Å²) in [6, 6.07) is 17.4. The lowest BCUT2D eigenvalue weighted by molar-refractivity contribution is 0.0725. The number of hydrogen-bond acceptors (Lipinski definition) is 3. The Bertz CT molecular complexity index is 927. The predicted molar refractivity (Wildman–Crippen MR) is 111 cm³/mol. The van der Waals surface area contributed by atoms with Crippen LogP contribution in [0.25, 0.3) is 0 Å². The number of aromatic nitrogens is 1. The molecule has 3 rings (SSSR count). The van der Waals surface area contributed by atoms with Crippen LogP contribution in [-0.2, 0) is 13.1 Å². The zero-order chi connectivity index (χ0) is 20.6. The number of rotatable bonds is 8. The van der Waals surface area contributed by atoms with Crippen molar-refractivity contribution in [1.29, 1.82) is 0 Å². The number of carbonyl (C=O) groups excluding carboxylic acids is 1. The SMILES string of the molecule is CC(C)COc1ccc(CN(Cc2ccncc2)C(=O)c2ccccc2F)cc1. The van der Waals surface area contributed by atoms with Gasteiger partial charge in [-0.25, -0.2) is 4.39 Å². The van der Waals surface area contributed by atoms with E-state index in [1.807, 2.05) is 36.4 Å². The number of halogens is 1. The second-order valence-corrected chi connectivity index (χ2v) is 7.35. The van der Waals surface area contributed by atoms with Crippen molar-refractivity contribution in [3.05, 3.63) is 95.6 Å². The van der Waals surface area contributed by atoms with Gasteiger partial charge in [0, 0.05) is 25.5 Å². The molecular weight excluding hydrogens is 367 g/mol. The predicted octanol–water partition coefficient (Wildman–Crippen LogP) is 5.10. The van der Waals surface area contributed by atoms with E-state index >= 15 is 0 Å². The summed E-state index contributed by atoms with van der Waals surface area (Å²) in [5.74, 6) is 0.377. The molecule has 1 aromatic heterocycles. The van der Waals surface area contributed by atoms with Crippen molar-refractivity contribution in [2.45, 2.75) is 26.9 Å². The van der Waals surface area contributed by atoms with Gasteiger partial charge in [-0.1, -0.05) is 38.1 Å². The molecule has 0 saturated carbocycles. The average molecular weight is 392 g/mol. The number of benzene rings is 2. The lowest BCUT2D eigenvalue weighted by Gasteiger charge is -2.23. The number of amides is 1. The van der Waals surface area contributed by atoms with Gasteiger partial charge in [0.2, 0.25) is 0 Å². The molecule has 2 aromatic carbocycles. The van der Waals surface area contributed by atoms with Gasteiger partial charge < -0.3 is 9.64 Å². The summed E-state index contributed by atoms with van der Waals surface area (Å²) < 4.78 is 19.9. The monoisotopic (exact) mass is 392 g/mol. The van der Waals surface area contributed by atoms with Crippen molar-refractivity contribution in [1.82, 2.24) is 9.88 Å². The Morgan fingerprint density at radius 3 is 2.21 bits per heavy atom. The van der Waals surface area contributed by atoms with E-state index in [9.17, 15) is 9.18 Å². The molecular formula is C24H25FN2O2. The van der Waals surface area contributed by atoms with Crippen LogP contribution in [0, 0.1) is 11.7 Å². The third kappa shape index (κ3) is 5.88. The first-order chi connectivity index (χ1) is 14.0. The first-order valence-corrected chi connectivity index (χ1v) is 9.67. The first-order valence-electron chi connectivity index (χ1n) is 9.67. The Morgan fingerprint density at radius 2 is 1.59 bits per heavy atom. The standard InChI is InChI=1S/C24H25FN2O2/c1-18(2)17-29-21-9-7-19(8-10-21)15-27(16-20-11-13-26-14-12-20)24(28)22-5-3-4-6-23(22)25/h3-14,18H,15-17H2,1-2H3. The van der Waals surface area contributed by atoms with Crippen LogP contribution in [0.4, 0.5) is 4.39 Å². The molecule has 150 valence electrons. The van der Waals surface area contributed by atoms with Gasteiger partial charge >= 0.3 is 0 Å². The zero-order valence-corrected chi connectivity index (χ0v) is 16.7. The molecule has 5 heteroatoms. The van der Waals surface area contributed by atoms with Gasteiger partial charge in [0.15, 0.2) is 0 Å². The largest absolute Gasteiger partial charge is 0.493 e. The molecule has 0 atom stereocenters. The molecule has 29 heavy (non-hydrogen) atoms. The summed E-state index contributed by atoms with van der Waals surface area (Å²) in [5, 5.41) is 0. The Balaban J connectivity index is 1.79. The topological polar surface area (TPSA) is 42.4 Å². The highest BCUT2D eigenvalue weighted by Gasteiger charge is 2.19. The number of carbonyl (C=O) groups is 1. The molecule has 0 fully saturated rings. The molecule has 0 N–H and O–H groups in total. The number of hydrogen-bond donors (Lipinski definition) is 0. The molecule has 0 saturated heterocycles. The fourth-order valence-electron chi connectivity index (χ4n) is 2.89. The summed E-state index contributed by atoms with van der Waals surface area (Å²) >= 11 is 0. The van der Waals surface area contributed by atoms with Gasteiger partial charge in [0.25, 0.3) is 5.91 Å². The van der Waals surface area contributed by atoms with Gasteiger partial charge in [-0.3, -0.25) is 9.78 Å². The highest BCUT2D eigenvalue weighted by atomic mass is 19.1. The normalized spacial score (nSPS) is 10.8. The molecule has 0 aliphatic rings. The smallest absolute Gasteiger partial charge is 0.257 e. The van der Waals surface area contributed by atoms with Gasteiger partial charge in [0.05, 0.1) is 12.2 Å². The van der Waals surface area contributed by atoms with Crippen molar-refractivity contribution in [3.8, 4) is 5.75 Å². The quantitative estimate of drug-likeness (QED) is 0.536. The van der Waals surface area contributed by atoms with Crippen LogP contribution < -0.4 is 4.74 Å². The molecule has 0 aliphatic heterocycles. The maximum absolute atomic E-state index is 14.2. The highest BCUT2D eigenvalue weighted by Crippen LogP contribution is 2.19. The lowest BCUT2D eigenvalue weighted by atomic mass is 10.1. The molecule has 0 aliphatic carbocycles. The molecule has 0 spiro atoms. The summed E-state index contributed by atoms with van der Waals surface area (Å²) in [6.45, 7) is 5.57. The second-order valence-electron chi connectivity index (χ2n) is 7.35. The van der Waals surface area contributed by atoms with E-state index in [4.69, 9.17) is 4.74 Å². The van der Waals surface area contributed by atoms with E-state index in [1.54, 1.807) is 29.4 Å². The Labute approximate surface area is 171 Å². The van der Waals surface area contributed by atoms with Gasteiger partial charge in [-0.05, 0) is 53.4 Å². The van der Waals surface area contributed by atoms with E-state index in [1.165, 1.54) is 12.1 Å². The summed E-state index contributed by atoms with van der Waals surface area (Å²) in [5.41, 5.74) is 1.95. The van der Waals surface area contributed by atoms with Crippen molar-refractivity contribution in [2.24, 2.45) is 5.92 Å². The molecule has 4 nitrogen and oxygen atoms in total. The molecule has 0 unspecified atom stereocenters. The van der Waals surface area contributed by atoms with E-state index in [2.05, 4.69) is 18.8 Å². The summed E-state index contributed by atoms with van der Waals surface area (Å²) in [6.07, 6.45) is 3.36. The van der Waals surface area contributed by atoms with Gasteiger partial charge in [-0.2, -0.15) is 0 Å². The van der Waals surface area contributed by atoms with Crippen LogP contribution in [0.3, 0.4) is 0 Å². The molecule has 0 bridgehead atoms. The average Bonchev–Trinajstić information content (AvgIpc) is 2.73. The van der Waals surface area contributed by atoms with Crippen LogP contribution in [0.15, 0.2) is 73.1 Å². The maximum Gasteiger partial charge on any atom is 0.257 e.